The Morgan fingerprint density at radius 3 is 2.86 bits per heavy atom. The number of fused-ring (bicyclic) bond motifs is 7. The van der Waals surface area contributed by atoms with Crippen molar-refractivity contribution < 1.29 is 31.8 Å². The molecule has 1 aliphatic carbocycles. The zero-order valence-corrected chi connectivity index (χ0v) is 24.5. The van der Waals surface area contributed by atoms with Crippen molar-refractivity contribution in [2.45, 2.75) is 62.8 Å². The van der Waals surface area contributed by atoms with Gasteiger partial charge < -0.3 is 30.2 Å². The second kappa shape index (κ2) is 10.2. The Morgan fingerprint density at radius 1 is 1.16 bits per heavy atom. The zero-order valence-electron chi connectivity index (χ0n) is 23.7. The van der Waals surface area contributed by atoms with E-state index in [2.05, 4.69) is 20.2 Å². The lowest BCUT2D eigenvalue weighted by Gasteiger charge is -2.43. The highest BCUT2D eigenvalue weighted by Gasteiger charge is 2.45. The van der Waals surface area contributed by atoms with Gasteiger partial charge in [-0.25, -0.2) is 9.37 Å². The lowest BCUT2D eigenvalue weighted by Crippen LogP contribution is -2.59. The van der Waals surface area contributed by atoms with Gasteiger partial charge in [-0.2, -0.15) is 23.1 Å². The Labute approximate surface area is 255 Å². The van der Waals surface area contributed by atoms with Gasteiger partial charge in [-0.05, 0) is 50.2 Å². The minimum atomic E-state index is -4.91. The minimum Gasteiger partial charge on any atom is -0.477 e. The number of hydrogen-bond donors (Lipinski definition) is 2. The summed E-state index contributed by atoms with van der Waals surface area (Å²) in [5.74, 6) is -0.228. The number of pyridine rings is 1. The summed E-state index contributed by atoms with van der Waals surface area (Å²) in [6, 6.07) is 2.39. The number of hydrogen-bond acceptors (Lipinski definition) is 9. The van der Waals surface area contributed by atoms with E-state index in [1.54, 1.807) is 0 Å². The number of benzene rings is 1. The van der Waals surface area contributed by atoms with Crippen LogP contribution in [-0.2, 0) is 10.9 Å². The maximum Gasteiger partial charge on any atom is 0.418 e. The van der Waals surface area contributed by atoms with Gasteiger partial charge in [0.1, 0.15) is 22.4 Å². The molecule has 14 heteroatoms. The standard InChI is InChI=1S/C30H31ClF4N6O3/c31-18-8-15(36)7-17(22(18)30(33,34)35)24-23(32)25-21-26(40-28(39-25)44-13-29-5-3-14(9-29)11-42-12-29)41-10-16-1-2-19(37-16)20(41)4-6-43-27(21)38-24/h7-8,14,16,19-20,37H,1-6,9-13,36H2/t14?,16-,19+,20-,29?/m1/s1. The smallest absolute Gasteiger partial charge is 0.418 e. The lowest BCUT2D eigenvalue weighted by molar-refractivity contribution is -0.137. The van der Waals surface area contributed by atoms with E-state index in [1.807, 2.05) is 0 Å². The van der Waals surface area contributed by atoms with Crippen LogP contribution in [0.4, 0.5) is 29.1 Å². The number of piperazine rings is 1. The average molecular weight is 635 g/mol. The number of nitrogens with two attached hydrogens (primary N) is 1. The van der Waals surface area contributed by atoms with Crippen LogP contribution in [-0.4, -0.2) is 66.0 Å². The number of ether oxygens (including phenoxy) is 3. The quantitative estimate of drug-likeness (QED) is 0.289. The molecule has 5 aliphatic rings. The molecule has 3 aromatic rings. The second-order valence-corrected chi connectivity index (χ2v) is 13.3. The lowest BCUT2D eigenvalue weighted by atomic mass is 9.86. The molecular weight excluding hydrogens is 604 g/mol. The average Bonchev–Trinajstić information content (AvgIpc) is 3.50. The van der Waals surface area contributed by atoms with Crippen molar-refractivity contribution in [2.24, 2.45) is 11.3 Å². The van der Waals surface area contributed by atoms with Crippen LogP contribution in [0.1, 0.15) is 44.1 Å². The normalized spacial score (nSPS) is 29.2. The summed E-state index contributed by atoms with van der Waals surface area (Å²) in [6.07, 6.45) is 0.642. The second-order valence-electron chi connectivity index (χ2n) is 12.9. The predicted molar refractivity (Wildman–Crippen MR) is 154 cm³/mol. The zero-order chi connectivity index (χ0) is 30.4. The maximum absolute atomic E-state index is 16.7. The molecule has 4 aliphatic heterocycles. The number of alkyl halides is 3. The number of nitrogens with one attached hydrogen (secondary N) is 1. The molecule has 3 N–H and O–H groups in total. The van der Waals surface area contributed by atoms with Gasteiger partial charge in [0.2, 0.25) is 5.88 Å². The molecule has 8 rings (SSSR count). The molecule has 2 aromatic heterocycles. The first kappa shape index (κ1) is 28.3. The topological polar surface area (TPSA) is 108 Å². The van der Waals surface area contributed by atoms with Crippen LogP contribution in [0.25, 0.3) is 22.2 Å². The van der Waals surface area contributed by atoms with Crippen molar-refractivity contribution in [1.29, 1.82) is 0 Å². The van der Waals surface area contributed by atoms with E-state index in [9.17, 15) is 13.2 Å². The molecule has 0 spiro atoms. The number of nitrogens with zero attached hydrogens (tertiary/aromatic N) is 4. The molecule has 0 amide bonds. The van der Waals surface area contributed by atoms with Gasteiger partial charge >= 0.3 is 12.2 Å². The Balaban J connectivity index is 1.32. The summed E-state index contributed by atoms with van der Waals surface area (Å²) < 4.78 is 77.6. The molecule has 4 fully saturated rings. The fourth-order valence-electron chi connectivity index (χ4n) is 7.96. The monoisotopic (exact) mass is 634 g/mol. The number of aromatic nitrogens is 3. The predicted octanol–water partition coefficient (Wildman–Crippen LogP) is 5.37. The van der Waals surface area contributed by atoms with Gasteiger partial charge in [-0.1, -0.05) is 11.6 Å². The van der Waals surface area contributed by atoms with Gasteiger partial charge in [0.05, 0.1) is 30.4 Å². The third-order valence-electron chi connectivity index (χ3n) is 9.92. The molecule has 0 radical (unpaired) electrons. The van der Waals surface area contributed by atoms with E-state index in [4.69, 9.17) is 36.5 Å². The SMILES string of the molecule is Nc1cc(Cl)c(C(F)(F)F)c(-c2nc3c4c(nc(OCC56CCC(COC5)C6)nc4c2F)N2C[C@H]4CC[C@H](N4)[C@H]2CCO3)c1. The van der Waals surface area contributed by atoms with Crippen LogP contribution in [0, 0.1) is 17.2 Å². The fraction of sp³-hybridized carbons (Fsp3) is 0.567. The largest absolute Gasteiger partial charge is 0.477 e. The highest BCUT2D eigenvalue weighted by molar-refractivity contribution is 6.32. The van der Waals surface area contributed by atoms with Crippen LogP contribution in [0.3, 0.4) is 0 Å². The van der Waals surface area contributed by atoms with E-state index in [1.165, 1.54) is 0 Å². The van der Waals surface area contributed by atoms with Crippen molar-refractivity contribution in [3.8, 4) is 23.1 Å². The van der Waals surface area contributed by atoms with Crippen LogP contribution >= 0.6 is 11.6 Å². The third kappa shape index (κ3) is 4.61. The molecule has 5 atom stereocenters. The summed E-state index contributed by atoms with van der Waals surface area (Å²) in [7, 11) is 0. The molecule has 44 heavy (non-hydrogen) atoms. The number of halogens is 5. The van der Waals surface area contributed by atoms with Crippen molar-refractivity contribution >= 4 is 34.0 Å². The Morgan fingerprint density at radius 2 is 2.02 bits per heavy atom. The van der Waals surface area contributed by atoms with E-state index < -0.39 is 33.8 Å². The molecule has 1 saturated carbocycles. The molecule has 3 saturated heterocycles. The molecular formula is C30H31ClF4N6O3. The van der Waals surface area contributed by atoms with Crippen molar-refractivity contribution in [3.05, 3.63) is 28.5 Å². The molecule has 2 unspecified atom stereocenters. The van der Waals surface area contributed by atoms with Crippen molar-refractivity contribution in [3.63, 3.8) is 0 Å². The third-order valence-corrected chi connectivity index (χ3v) is 10.2. The van der Waals surface area contributed by atoms with E-state index >= 15 is 4.39 Å². The van der Waals surface area contributed by atoms with Gasteiger partial charge in [-0.3, -0.25) is 0 Å². The number of rotatable bonds is 4. The number of anilines is 2. The first-order valence-corrected chi connectivity index (χ1v) is 15.4. The minimum absolute atomic E-state index is 0.0149. The van der Waals surface area contributed by atoms with Gasteiger partial charge in [0.15, 0.2) is 5.82 Å². The first-order chi connectivity index (χ1) is 21.1. The van der Waals surface area contributed by atoms with Crippen LogP contribution in [0.5, 0.6) is 11.9 Å². The van der Waals surface area contributed by atoms with Gasteiger partial charge in [0.25, 0.3) is 0 Å². The first-order valence-electron chi connectivity index (χ1n) is 15.0. The van der Waals surface area contributed by atoms with E-state index in [-0.39, 0.29) is 65.2 Å². The molecule has 9 nitrogen and oxygen atoms in total. The fourth-order valence-corrected chi connectivity index (χ4v) is 8.29. The summed E-state index contributed by atoms with van der Waals surface area (Å²) in [4.78, 5) is 15.8. The molecule has 4 bridgehead atoms. The summed E-state index contributed by atoms with van der Waals surface area (Å²) in [6.45, 7) is 2.43. The number of nitrogen functional groups attached to an aromatic ring is 1. The van der Waals surface area contributed by atoms with Crippen molar-refractivity contribution in [2.75, 3.05) is 43.6 Å². The summed E-state index contributed by atoms with van der Waals surface area (Å²) in [5, 5.41) is 3.20. The van der Waals surface area contributed by atoms with Crippen molar-refractivity contribution in [1.82, 2.24) is 20.3 Å². The van der Waals surface area contributed by atoms with Crippen LogP contribution in [0.15, 0.2) is 12.1 Å². The van der Waals surface area contributed by atoms with E-state index in [0.29, 0.717) is 31.3 Å². The summed E-state index contributed by atoms with van der Waals surface area (Å²) >= 11 is 6.03. The van der Waals surface area contributed by atoms with Gasteiger partial charge in [-0.15, -0.1) is 0 Å². The van der Waals surface area contributed by atoms with Crippen LogP contribution in [0.2, 0.25) is 5.02 Å². The molecule has 6 heterocycles. The van der Waals surface area contributed by atoms with Gasteiger partial charge in [0, 0.05) is 54.4 Å². The Bertz CT molecular complexity index is 1660. The summed E-state index contributed by atoms with van der Waals surface area (Å²) in [5.41, 5.74) is 2.96. The van der Waals surface area contributed by atoms with Crippen LogP contribution < -0.4 is 25.4 Å². The van der Waals surface area contributed by atoms with E-state index in [0.717, 1.165) is 50.8 Å². The molecule has 234 valence electrons. The highest BCUT2D eigenvalue weighted by Crippen LogP contribution is 2.48. The Hall–Kier alpha value is -3.16. The highest BCUT2D eigenvalue weighted by atomic mass is 35.5. The Kier molecular flexibility index (Phi) is 6.55. The molecule has 1 aromatic carbocycles. The maximum atomic E-state index is 16.7.